The van der Waals surface area contributed by atoms with Crippen molar-refractivity contribution >= 4 is 130 Å². The Bertz CT molecular complexity index is 3830. The Morgan fingerprint density at radius 1 is 0.536 bits per heavy atom. The number of likely N-dealkylation sites (N-methyl/N-ethyl adjacent to an activating group) is 4. The standard InChI is InChI=1S/C34H35Cl2F4N3O3S.C27H32Cl2F3N3O2S.C7H4ClFO.2H2S/c1-41(30(44)20-34(38,39)40)22-32(24-11-12-27(35)28(36)19-24,42(2)31(45)25-8-4-6-10-29(25)37)13-16-43-17-14-33(15-18-43)26-9-5-3-7-23(26)21-47(33)46;1-33-25(20-7-8-22(28)23(29)15-20,18-34(2)24(36)16-27(30,31)32)9-12-35-13-10-26(11-14-35)21-6-4-3-5-19(21)17-38(26)37;8-7(10)5-3-1-2-4-6(5)9;;/h3-12,19H,13-18,20-22H2,1-2H3;3-8,15,33H,9-14,16-18H2,1-2H3;1-4H;2*1H2/t32-,47?;25-,38?;;;/m11.../s1. The summed E-state index contributed by atoms with van der Waals surface area (Å²) in [6.45, 7) is 3.36. The van der Waals surface area contributed by atoms with Crippen LogP contribution >= 0.6 is 85.0 Å². The summed E-state index contributed by atoms with van der Waals surface area (Å²) < 4.78 is 132. The van der Waals surface area contributed by atoms with Crippen LogP contribution in [0.2, 0.25) is 20.1 Å². The summed E-state index contributed by atoms with van der Waals surface area (Å²) in [4.78, 5) is 57.4. The van der Waals surface area contributed by atoms with Crippen molar-refractivity contribution in [1.82, 2.24) is 29.8 Å². The van der Waals surface area contributed by atoms with Crippen molar-refractivity contribution in [2.24, 2.45) is 0 Å². The van der Waals surface area contributed by atoms with E-state index in [0.29, 0.717) is 72.6 Å². The fourth-order valence-electron chi connectivity index (χ4n) is 13.2. The second-order valence-corrected chi connectivity index (χ2v) is 29.8. The summed E-state index contributed by atoms with van der Waals surface area (Å²) in [7, 11) is 3.78. The summed E-state index contributed by atoms with van der Waals surface area (Å²) in [6, 6.07) is 36.9. The molecule has 4 atom stereocenters. The number of carbonyl (C=O) groups is 4. The van der Waals surface area contributed by atoms with E-state index in [1.807, 2.05) is 36.4 Å². The van der Waals surface area contributed by atoms with E-state index >= 15 is 0 Å². The highest BCUT2D eigenvalue weighted by atomic mass is 35.5. The predicted octanol–water partition coefficient (Wildman–Crippen LogP) is 15.0. The average molecular weight is 1530 g/mol. The van der Waals surface area contributed by atoms with Gasteiger partial charge in [0.15, 0.2) is 0 Å². The molecule has 0 aliphatic carbocycles. The number of alkyl halides is 6. The van der Waals surface area contributed by atoms with Gasteiger partial charge in [-0.1, -0.05) is 131 Å². The summed E-state index contributed by atoms with van der Waals surface area (Å²) in [5.74, 6) is -3.15. The molecular formula is C68H75Cl5F8N6O6S4. The van der Waals surface area contributed by atoms with Crippen LogP contribution in [-0.4, -0.2) is 149 Å². The molecule has 4 aliphatic rings. The molecule has 0 bridgehead atoms. The summed E-state index contributed by atoms with van der Waals surface area (Å²) in [5.41, 5.74) is 3.10. The average Bonchev–Trinajstić information content (AvgIpc) is 1.68. The second-order valence-electron chi connectivity index (χ2n) is 24.3. The highest BCUT2D eigenvalue weighted by molar-refractivity contribution is 7.85. The van der Waals surface area contributed by atoms with Crippen LogP contribution in [-0.2, 0) is 63.3 Å². The van der Waals surface area contributed by atoms with E-state index in [2.05, 4.69) is 27.2 Å². The molecule has 10 rings (SSSR count). The molecule has 6 aromatic rings. The van der Waals surface area contributed by atoms with Gasteiger partial charge in [0.1, 0.15) is 24.5 Å². The molecule has 2 saturated heterocycles. The van der Waals surface area contributed by atoms with Crippen LogP contribution in [0.15, 0.2) is 133 Å². The molecule has 2 spiro atoms. The number of likely N-dealkylation sites (tertiary alicyclic amines) is 2. The van der Waals surface area contributed by atoms with Crippen molar-refractivity contribution in [3.63, 3.8) is 0 Å². The van der Waals surface area contributed by atoms with E-state index in [9.17, 15) is 62.7 Å². The zero-order valence-electron chi connectivity index (χ0n) is 53.3. The molecule has 0 saturated carbocycles. The molecule has 2 fully saturated rings. The third-order valence-electron chi connectivity index (χ3n) is 18.6. The molecular weight excluding hydrogens is 1450 g/mol. The van der Waals surface area contributed by atoms with E-state index < -0.39 is 97.2 Å². The van der Waals surface area contributed by atoms with Gasteiger partial charge in [-0.2, -0.15) is 53.3 Å². The molecule has 0 aromatic heterocycles. The number of hydrogen-bond donors (Lipinski definition) is 1. The lowest BCUT2D eigenvalue weighted by atomic mass is 9.82. The van der Waals surface area contributed by atoms with Gasteiger partial charge < -0.3 is 29.8 Å². The van der Waals surface area contributed by atoms with Crippen LogP contribution in [0.1, 0.15) is 105 Å². The first kappa shape index (κ1) is 81.1. The van der Waals surface area contributed by atoms with Crippen LogP contribution in [0, 0.1) is 11.6 Å². The van der Waals surface area contributed by atoms with Gasteiger partial charge >= 0.3 is 12.4 Å². The first-order valence-electron chi connectivity index (χ1n) is 30.3. The Morgan fingerprint density at radius 2 is 0.928 bits per heavy atom. The molecule has 3 amide bonds. The summed E-state index contributed by atoms with van der Waals surface area (Å²) in [6.07, 6.45) is -9.02. The first-order chi connectivity index (χ1) is 44.8. The fraction of sp³-hybridized carbons (Fsp3) is 0.412. The van der Waals surface area contributed by atoms with Crippen LogP contribution in [0.5, 0.6) is 0 Å². The minimum atomic E-state index is -4.74. The van der Waals surface area contributed by atoms with E-state index in [1.165, 1.54) is 85.7 Å². The number of amides is 3. The third-order valence-corrected chi connectivity index (χ3v) is 24.4. The van der Waals surface area contributed by atoms with Crippen molar-refractivity contribution < 1.29 is 62.7 Å². The molecule has 4 heterocycles. The highest BCUT2D eigenvalue weighted by Crippen LogP contribution is 2.49. The maximum absolute atomic E-state index is 14.9. The van der Waals surface area contributed by atoms with Gasteiger partial charge in [-0.3, -0.25) is 27.6 Å². The first-order valence-corrected chi connectivity index (χ1v) is 34.9. The van der Waals surface area contributed by atoms with Crippen LogP contribution < -0.4 is 5.32 Å². The van der Waals surface area contributed by atoms with Gasteiger partial charge in [0.25, 0.3) is 11.1 Å². The van der Waals surface area contributed by atoms with Crippen molar-refractivity contribution in [1.29, 1.82) is 0 Å². The summed E-state index contributed by atoms with van der Waals surface area (Å²) in [5, 5.41) is 3.58. The molecule has 12 nitrogen and oxygen atoms in total. The van der Waals surface area contributed by atoms with E-state index in [0.717, 1.165) is 58.5 Å². The number of halogens is 13. The minimum absolute atomic E-state index is 0. The Morgan fingerprint density at radius 3 is 1.34 bits per heavy atom. The second kappa shape index (κ2) is 34.2. The van der Waals surface area contributed by atoms with Crippen molar-refractivity contribution in [2.45, 2.75) is 95.8 Å². The number of benzene rings is 6. The highest BCUT2D eigenvalue weighted by Gasteiger charge is 2.50. The van der Waals surface area contributed by atoms with Crippen molar-refractivity contribution in [3.8, 4) is 0 Å². The lowest BCUT2D eigenvalue weighted by molar-refractivity contribution is -0.163. The SMILES string of the molecule is CN(C[C@](CCN1CCC2(CC1)c1ccccc1CS2=O)(c1ccc(Cl)c(Cl)c1)N(C)C(=O)c1ccccc1F)C(=O)CC(F)(F)F.CN[C@](CCN1CCC2(CC1)c1ccccc1CS2=O)(CN(C)C(=O)CC(F)(F)F)c1ccc(Cl)c(Cl)c1.O=C(Cl)c1ccccc1F.S.S. The zero-order valence-corrected chi connectivity index (χ0v) is 60.8. The third kappa shape index (κ3) is 19.2. The quantitative estimate of drug-likeness (QED) is 0.0660. The molecule has 4 aliphatic heterocycles. The van der Waals surface area contributed by atoms with Crippen molar-refractivity contribution in [2.75, 3.05) is 80.5 Å². The molecule has 2 unspecified atom stereocenters. The largest absolute Gasteiger partial charge is 0.397 e. The number of rotatable bonds is 18. The number of nitrogens with zero attached hydrogens (tertiary/aromatic N) is 5. The van der Waals surface area contributed by atoms with Gasteiger partial charge in [0.05, 0.1) is 51.8 Å². The normalized spacial score (nSPS) is 18.2. The number of fused-ring (bicyclic) bond motifs is 4. The van der Waals surface area contributed by atoms with Crippen LogP contribution in [0.25, 0.3) is 0 Å². The molecule has 97 heavy (non-hydrogen) atoms. The van der Waals surface area contributed by atoms with Crippen molar-refractivity contribution in [3.05, 3.63) is 210 Å². The zero-order chi connectivity index (χ0) is 69.4. The Hall–Kier alpha value is -4.83. The molecule has 1 N–H and O–H groups in total. The number of carbonyl (C=O) groups excluding carboxylic acids is 4. The number of nitrogens with one attached hydrogen (secondary N) is 1. The Kier molecular flexibility index (Phi) is 28.6. The fourth-order valence-corrected chi connectivity index (χ4v) is 17.7. The maximum atomic E-state index is 14.9. The Labute approximate surface area is 603 Å². The van der Waals surface area contributed by atoms with Gasteiger partial charge in [0, 0.05) is 80.4 Å². The molecule has 0 radical (unpaired) electrons. The van der Waals surface area contributed by atoms with Gasteiger partial charge in [0.2, 0.25) is 11.8 Å². The maximum Gasteiger partial charge on any atom is 0.397 e. The van der Waals surface area contributed by atoms with Crippen LogP contribution in [0.3, 0.4) is 0 Å². The van der Waals surface area contributed by atoms with Gasteiger partial charge in [-0.05, 0) is 165 Å². The lowest BCUT2D eigenvalue weighted by Crippen LogP contribution is -2.56. The van der Waals surface area contributed by atoms with E-state index in [1.54, 1.807) is 37.4 Å². The lowest BCUT2D eigenvalue weighted by Gasteiger charge is -2.47. The summed E-state index contributed by atoms with van der Waals surface area (Å²) >= 11 is 30.2. The predicted molar refractivity (Wildman–Crippen MR) is 378 cm³/mol. The number of hydrogen-bond acceptors (Lipinski definition) is 9. The molecule has 29 heteroatoms. The smallest absolute Gasteiger partial charge is 0.343 e. The molecule has 528 valence electrons. The topological polar surface area (TPSA) is 131 Å². The monoisotopic (exact) mass is 1530 g/mol. The van der Waals surface area contributed by atoms with Gasteiger partial charge in [-0.15, -0.1) is 0 Å². The van der Waals surface area contributed by atoms with E-state index in [4.69, 9.17) is 58.0 Å². The number of piperidine rings is 2. The minimum Gasteiger partial charge on any atom is -0.343 e. The Balaban J connectivity index is 0.000000267. The van der Waals surface area contributed by atoms with E-state index in [-0.39, 0.29) is 72.4 Å². The van der Waals surface area contributed by atoms with Crippen LogP contribution in [0.4, 0.5) is 35.1 Å². The van der Waals surface area contributed by atoms with Gasteiger partial charge in [-0.25, -0.2) is 8.78 Å². The molecule has 6 aromatic carbocycles.